The molecule has 22 heavy (non-hydrogen) atoms. The average molecular weight is 307 g/mol. The molecule has 0 spiro atoms. The monoisotopic (exact) mass is 307 g/mol. The minimum Gasteiger partial charge on any atom is -0.481 e. The molecule has 1 aliphatic carbocycles. The van der Waals surface area contributed by atoms with Crippen molar-refractivity contribution < 1.29 is 14.7 Å². The van der Waals surface area contributed by atoms with E-state index in [2.05, 4.69) is 4.98 Å². The van der Waals surface area contributed by atoms with Crippen molar-refractivity contribution in [3.05, 3.63) is 32.6 Å². The van der Waals surface area contributed by atoms with Gasteiger partial charge in [0.25, 0.3) is 11.5 Å². The second-order valence-corrected chi connectivity index (χ2v) is 6.07. The number of H-pyrrole nitrogens is 1. The summed E-state index contributed by atoms with van der Waals surface area (Å²) >= 11 is 0. The van der Waals surface area contributed by atoms with Crippen molar-refractivity contribution in [3.8, 4) is 0 Å². The maximum atomic E-state index is 12.5. The van der Waals surface area contributed by atoms with Crippen LogP contribution in [0.15, 0.2) is 15.8 Å². The number of nitrogens with one attached hydrogen (secondary N) is 1. The van der Waals surface area contributed by atoms with Gasteiger partial charge in [0.1, 0.15) is 5.56 Å². The van der Waals surface area contributed by atoms with E-state index in [0.29, 0.717) is 12.5 Å². The van der Waals surface area contributed by atoms with Gasteiger partial charge in [0.05, 0.1) is 5.92 Å². The van der Waals surface area contributed by atoms with Crippen molar-refractivity contribution in [2.75, 3.05) is 13.1 Å². The Morgan fingerprint density at radius 1 is 1.27 bits per heavy atom. The lowest BCUT2D eigenvalue weighted by Gasteiger charge is -2.16. The number of hydrogen-bond acceptors (Lipinski definition) is 4. The summed E-state index contributed by atoms with van der Waals surface area (Å²) in [6.45, 7) is 0.459. The van der Waals surface area contributed by atoms with Gasteiger partial charge in [-0.3, -0.25) is 19.4 Å². The van der Waals surface area contributed by atoms with Crippen molar-refractivity contribution in [1.82, 2.24) is 14.5 Å². The number of amides is 1. The van der Waals surface area contributed by atoms with E-state index < -0.39 is 29.0 Å². The first-order valence-corrected chi connectivity index (χ1v) is 7.20. The first-order valence-electron chi connectivity index (χ1n) is 7.20. The summed E-state index contributed by atoms with van der Waals surface area (Å²) in [4.78, 5) is 50.5. The number of nitrogens with zero attached hydrogens (tertiary/aromatic N) is 2. The van der Waals surface area contributed by atoms with E-state index in [9.17, 15) is 24.3 Å². The van der Waals surface area contributed by atoms with Gasteiger partial charge in [-0.25, -0.2) is 4.79 Å². The normalized spacial score (nSPS) is 24.5. The molecule has 0 unspecified atom stereocenters. The summed E-state index contributed by atoms with van der Waals surface area (Å²) in [7, 11) is 1.44. The SMILES string of the molecule is Cn1cc(C(=O)N2C[C@@H](C(=O)O)[C@H](C3CC3)C2)c(=O)[nH]c1=O. The topological polar surface area (TPSA) is 112 Å². The van der Waals surface area contributed by atoms with Gasteiger partial charge in [0.15, 0.2) is 0 Å². The van der Waals surface area contributed by atoms with Gasteiger partial charge in [-0.15, -0.1) is 0 Å². The van der Waals surface area contributed by atoms with Crippen LogP contribution in [0.25, 0.3) is 0 Å². The number of aromatic amines is 1. The molecule has 0 aromatic carbocycles. The summed E-state index contributed by atoms with van der Waals surface area (Å²) in [5.41, 5.74) is -1.47. The molecule has 0 bridgehead atoms. The van der Waals surface area contributed by atoms with Gasteiger partial charge in [-0.05, 0) is 24.7 Å². The molecule has 0 radical (unpaired) electrons. The van der Waals surface area contributed by atoms with Gasteiger partial charge in [-0.1, -0.05) is 0 Å². The van der Waals surface area contributed by atoms with Gasteiger partial charge in [0, 0.05) is 26.3 Å². The molecule has 118 valence electrons. The number of likely N-dealkylation sites (tertiary alicyclic amines) is 1. The Bertz CT molecular complexity index is 746. The molecule has 1 saturated heterocycles. The number of hydrogen-bond donors (Lipinski definition) is 2. The average Bonchev–Trinajstić information content (AvgIpc) is 3.20. The Kier molecular flexibility index (Phi) is 3.38. The zero-order valence-electron chi connectivity index (χ0n) is 12.1. The highest BCUT2D eigenvalue weighted by Gasteiger charge is 2.47. The molecular weight excluding hydrogens is 290 g/mol. The fourth-order valence-electron chi connectivity index (χ4n) is 3.14. The quantitative estimate of drug-likeness (QED) is 0.763. The Balaban J connectivity index is 1.87. The van der Waals surface area contributed by atoms with Crippen molar-refractivity contribution in [1.29, 1.82) is 0 Å². The molecule has 1 aromatic heterocycles. The number of carbonyl (C=O) groups is 2. The van der Waals surface area contributed by atoms with Gasteiger partial charge < -0.3 is 14.6 Å². The minimum atomic E-state index is -0.901. The van der Waals surface area contributed by atoms with E-state index >= 15 is 0 Å². The van der Waals surface area contributed by atoms with E-state index in [4.69, 9.17) is 0 Å². The fourth-order valence-corrected chi connectivity index (χ4v) is 3.14. The van der Waals surface area contributed by atoms with Crippen LogP contribution in [0.3, 0.4) is 0 Å². The van der Waals surface area contributed by atoms with Crippen molar-refractivity contribution in [2.45, 2.75) is 12.8 Å². The number of aryl methyl sites for hydroxylation is 1. The summed E-state index contributed by atoms with van der Waals surface area (Å²) in [5, 5.41) is 9.31. The summed E-state index contributed by atoms with van der Waals surface area (Å²) < 4.78 is 1.12. The Morgan fingerprint density at radius 2 is 1.95 bits per heavy atom. The third kappa shape index (κ3) is 2.44. The molecule has 8 nitrogen and oxygen atoms in total. The lowest BCUT2D eigenvalue weighted by atomic mass is 9.92. The number of rotatable bonds is 3. The largest absolute Gasteiger partial charge is 0.481 e. The molecule has 2 aliphatic rings. The number of aromatic nitrogens is 2. The predicted octanol–water partition coefficient (Wildman–Crippen LogP) is -0.744. The van der Waals surface area contributed by atoms with E-state index in [-0.39, 0.29) is 18.0 Å². The Morgan fingerprint density at radius 3 is 2.55 bits per heavy atom. The first-order chi connectivity index (χ1) is 10.4. The third-order valence-corrected chi connectivity index (χ3v) is 4.54. The maximum absolute atomic E-state index is 12.5. The lowest BCUT2D eigenvalue weighted by Crippen LogP contribution is -2.38. The van der Waals surface area contributed by atoms with Crippen molar-refractivity contribution in [2.24, 2.45) is 24.8 Å². The highest BCUT2D eigenvalue weighted by atomic mass is 16.4. The first kappa shape index (κ1) is 14.6. The van der Waals surface area contributed by atoms with Crippen LogP contribution in [-0.2, 0) is 11.8 Å². The molecule has 2 fully saturated rings. The van der Waals surface area contributed by atoms with Crippen LogP contribution < -0.4 is 11.2 Å². The molecule has 2 atom stereocenters. The number of aliphatic carboxylic acids is 1. The predicted molar refractivity (Wildman–Crippen MR) is 75.5 cm³/mol. The summed E-state index contributed by atoms with van der Waals surface area (Å²) in [5.74, 6) is -1.69. The molecule has 1 saturated carbocycles. The van der Waals surface area contributed by atoms with E-state index in [1.54, 1.807) is 0 Å². The molecule has 2 N–H and O–H groups in total. The summed E-state index contributed by atoms with van der Waals surface area (Å²) in [6, 6.07) is 0. The second-order valence-electron chi connectivity index (χ2n) is 6.07. The molecule has 8 heteroatoms. The van der Waals surface area contributed by atoms with Crippen LogP contribution >= 0.6 is 0 Å². The van der Waals surface area contributed by atoms with Gasteiger partial charge in [-0.2, -0.15) is 0 Å². The standard InChI is InChI=1S/C14H17N3O5/c1-16-4-10(11(18)15-14(16)22)12(19)17-5-8(7-2-3-7)9(6-17)13(20)21/h4,7-9H,2-3,5-6H2,1H3,(H,20,21)(H,15,18,22)/t8-,9+/m0/s1. The third-order valence-electron chi connectivity index (χ3n) is 4.54. The van der Waals surface area contributed by atoms with Gasteiger partial charge in [0.2, 0.25) is 0 Å². The number of carbonyl (C=O) groups excluding carboxylic acids is 1. The second kappa shape index (κ2) is 5.11. The highest BCUT2D eigenvalue weighted by molar-refractivity contribution is 5.94. The molecule has 3 rings (SSSR count). The molecule has 1 aromatic rings. The smallest absolute Gasteiger partial charge is 0.328 e. The summed E-state index contributed by atoms with van der Waals surface area (Å²) in [6.07, 6.45) is 3.19. The number of carboxylic acid groups (broad SMARTS) is 1. The zero-order valence-corrected chi connectivity index (χ0v) is 12.1. The van der Waals surface area contributed by atoms with Crippen molar-refractivity contribution in [3.63, 3.8) is 0 Å². The molecule has 1 aliphatic heterocycles. The van der Waals surface area contributed by atoms with Crippen LogP contribution in [-0.4, -0.2) is 44.5 Å². The minimum absolute atomic E-state index is 0.0481. The van der Waals surface area contributed by atoms with E-state index in [1.165, 1.54) is 18.1 Å². The Hall–Kier alpha value is -2.38. The molecule has 1 amide bonds. The van der Waals surface area contributed by atoms with Crippen LogP contribution in [0, 0.1) is 17.8 Å². The van der Waals surface area contributed by atoms with E-state index in [1.807, 2.05) is 0 Å². The zero-order chi connectivity index (χ0) is 16.0. The lowest BCUT2D eigenvalue weighted by molar-refractivity contribution is -0.142. The van der Waals surface area contributed by atoms with Crippen LogP contribution in [0.5, 0.6) is 0 Å². The Labute approximate surface area is 125 Å². The van der Waals surface area contributed by atoms with Gasteiger partial charge >= 0.3 is 11.7 Å². The highest BCUT2D eigenvalue weighted by Crippen LogP contribution is 2.44. The van der Waals surface area contributed by atoms with Crippen molar-refractivity contribution >= 4 is 11.9 Å². The molecular formula is C14H17N3O5. The van der Waals surface area contributed by atoms with Crippen LogP contribution in [0.1, 0.15) is 23.2 Å². The van der Waals surface area contributed by atoms with Crippen LogP contribution in [0.4, 0.5) is 0 Å². The van der Waals surface area contributed by atoms with Crippen LogP contribution in [0.2, 0.25) is 0 Å². The van der Waals surface area contributed by atoms with E-state index in [0.717, 1.165) is 17.4 Å². The number of carboxylic acids is 1. The fraction of sp³-hybridized carbons (Fsp3) is 0.571. The molecule has 2 heterocycles. The maximum Gasteiger partial charge on any atom is 0.328 e.